The van der Waals surface area contributed by atoms with E-state index in [1.807, 2.05) is 25.1 Å². The number of benzene rings is 5. The minimum Gasteiger partial charge on any atom is -0.497 e. The van der Waals surface area contributed by atoms with Crippen LogP contribution in [0.2, 0.25) is 0 Å². The zero-order chi connectivity index (χ0) is 44.0. The number of furan rings is 1. The number of hydrogen-bond donors (Lipinski definition) is 2. The Labute approximate surface area is 357 Å². The highest BCUT2D eigenvalue weighted by atomic mass is 32.2. The van der Waals surface area contributed by atoms with Gasteiger partial charge in [0.2, 0.25) is 0 Å². The van der Waals surface area contributed by atoms with Gasteiger partial charge in [0.05, 0.1) is 19.9 Å². The number of unbranched alkanes of at least 4 members (excludes halogenated alkanes) is 1. The van der Waals surface area contributed by atoms with Crippen molar-refractivity contribution in [1.29, 1.82) is 0 Å². The lowest BCUT2D eigenvalue weighted by Gasteiger charge is -2.17. The van der Waals surface area contributed by atoms with Crippen LogP contribution in [0.25, 0.3) is 20.8 Å². The lowest BCUT2D eigenvalue weighted by Crippen LogP contribution is -2.33. The molecule has 2 amide bonds. The van der Waals surface area contributed by atoms with Crippen LogP contribution >= 0.6 is 0 Å². The maximum atomic E-state index is 13.5. The van der Waals surface area contributed by atoms with E-state index in [4.69, 9.17) is 9.15 Å². The molecule has 2 aliphatic rings. The minimum atomic E-state index is -4.21. The smallest absolute Gasteiger partial charge is 0.387 e. The molecule has 2 N–H and O–H groups in total. The van der Waals surface area contributed by atoms with E-state index in [0.29, 0.717) is 40.2 Å². The summed E-state index contributed by atoms with van der Waals surface area (Å²) in [5.41, 5.74) is 3.10. The summed E-state index contributed by atoms with van der Waals surface area (Å²) in [6.45, 7) is -1.13. The van der Waals surface area contributed by atoms with Crippen molar-refractivity contribution in [2.45, 2.75) is 32.9 Å². The molecule has 0 fully saturated rings. The molecule has 6 aromatic rings. The van der Waals surface area contributed by atoms with Crippen LogP contribution in [0.15, 0.2) is 156 Å². The molecular weight excluding hydrogens is 843 g/mol. The van der Waals surface area contributed by atoms with Gasteiger partial charge in [-0.1, -0.05) is 86.1 Å². The topological polar surface area (TPSA) is 165 Å². The molecular formula is C45H40F2N4O9S2. The van der Waals surface area contributed by atoms with Crippen LogP contribution in [0.1, 0.15) is 36.5 Å². The number of carbonyl (C=O) groups excluding carboxylic acids is 2. The number of sulfonamides is 2. The number of amides is 2. The number of methoxy groups -OCH3 is 1. The van der Waals surface area contributed by atoms with Crippen LogP contribution in [0.5, 0.6) is 11.5 Å². The van der Waals surface area contributed by atoms with E-state index in [9.17, 15) is 35.2 Å². The van der Waals surface area contributed by atoms with Gasteiger partial charge in [0.1, 0.15) is 38.3 Å². The summed E-state index contributed by atoms with van der Waals surface area (Å²) in [4.78, 5) is 26.2. The Morgan fingerprint density at radius 3 is 1.76 bits per heavy atom. The van der Waals surface area contributed by atoms with Gasteiger partial charge in [0.15, 0.2) is 0 Å². The molecule has 0 saturated carbocycles. The van der Waals surface area contributed by atoms with Crippen LogP contribution in [0.4, 0.5) is 20.2 Å². The quantitative estimate of drug-likeness (QED) is 0.108. The first-order valence-corrected chi connectivity index (χ1v) is 22.1. The average molecular weight is 883 g/mol. The van der Waals surface area contributed by atoms with Crippen LogP contribution < -0.4 is 20.1 Å². The molecule has 13 nitrogen and oxygen atoms in total. The summed E-state index contributed by atoms with van der Waals surface area (Å²) in [5.74, 6) is -0.726. The van der Waals surface area contributed by atoms with Crippen LogP contribution in [0, 0.1) is 0 Å². The second-order valence-electron chi connectivity index (χ2n) is 13.9. The monoisotopic (exact) mass is 882 g/mol. The van der Waals surface area contributed by atoms with Gasteiger partial charge in [0, 0.05) is 23.3 Å². The first-order valence-electron chi connectivity index (χ1n) is 19.2. The van der Waals surface area contributed by atoms with Gasteiger partial charge in [-0.2, -0.15) is 8.78 Å². The highest BCUT2D eigenvalue weighted by Gasteiger charge is 2.45. The SMILES string of the molecule is CCCCN1C(=O)C(Nc2ccc3occc3c2)=C(c2ccccc2)S1(=O)=O.COc1ccc(NC2=C(c3ccccc3)S(=O)(=O)N(Cc3ccc(OC(F)F)cc3)C2=O)cc1. The molecule has 8 rings (SSSR count). The number of nitrogens with zero attached hydrogens (tertiary/aromatic N) is 2. The lowest BCUT2D eigenvalue weighted by molar-refractivity contribution is -0.123. The van der Waals surface area contributed by atoms with E-state index in [1.54, 1.807) is 97.3 Å². The fourth-order valence-corrected chi connectivity index (χ4v) is 10.2. The zero-order valence-corrected chi connectivity index (χ0v) is 35.0. The molecule has 0 radical (unpaired) electrons. The van der Waals surface area contributed by atoms with Gasteiger partial charge in [-0.3, -0.25) is 9.59 Å². The van der Waals surface area contributed by atoms with Crippen molar-refractivity contribution in [2.75, 3.05) is 24.3 Å². The Bertz CT molecular complexity index is 2870. The molecule has 0 unspecified atom stereocenters. The van der Waals surface area contributed by atoms with Crippen molar-refractivity contribution in [1.82, 2.24) is 8.61 Å². The van der Waals surface area contributed by atoms with Crippen LogP contribution in [0.3, 0.4) is 0 Å². The standard InChI is InChI=1S/C24H20F2N2O5S.C21H20N2O4S/c1-32-19-13-9-18(10-14-19)27-21-22(17-5-3-2-4-6-17)34(30,31)28(23(21)29)15-16-7-11-20(12-8-16)33-24(25)26;1-2-3-12-23-21(24)19(20(28(23,25)26)15-7-5-4-6-8-15)22-17-9-10-18-16(14-17)11-13-27-18/h2-14,24,27H,15H2,1H3;4-11,13-14,22H,2-3,12H2,1H3. The van der Waals surface area contributed by atoms with Crippen molar-refractivity contribution in [3.05, 3.63) is 168 Å². The molecule has 5 aromatic carbocycles. The summed E-state index contributed by atoms with van der Waals surface area (Å²) in [5, 5.41) is 6.86. The number of hydrogen-bond acceptors (Lipinski definition) is 11. The van der Waals surface area contributed by atoms with Crippen LogP contribution in [-0.2, 0) is 36.2 Å². The van der Waals surface area contributed by atoms with Crippen LogP contribution in [-0.4, -0.2) is 57.5 Å². The molecule has 0 saturated heterocycles. The van der Waals surface area contributed by atoms with Gasteiger partial charge in [-0.05, 0) is 83.8 Å². The predicted octanol–water partition coefficient (Wildman–Crippen LogP) is 8.64. The number of carbonyl (C=O) groups is 2. The maximum absolute atomic E-state index is 13.5. The summed E-state index contributed by atoms with van der Waals surface area (Å²) in [6.07, 6.45) is 2.99. The molecule has 17 heteroatoms. The third-order valence-corrected chi connectivity index (χ3v) is 13.5. The van der Waals surface area contributed by atoms with Gasteiger partial charge in [-0.15, -0.1) is 0 Å². The Morgan fingerprint density at radius 1 is 0.661 bits per heavy atom. The molecule has 62 heavy (non-hydrogen) atoms. The first-order chi connectivity index (χ1) is 29.8. The fraction of sp³-hybridized carbons (Fsp3) is 0.156. The summed E-state index contributed by atoms with van der Waals surface area (Å²) < 4.78 is 94.6. The van der Waals surface area contributed by atoms with E-state index in [0.717, 1.165) is 26.0 Å². The third-order valence-electron chi connectivity index (χ3n) is 9.77. The molecule has 320 valence electrons. The molecule has 1 aromatic heterocycles. The average Bonchev–Trinajstić information content (AvgIpc) is 3.86. The summed E-state index contributed by atoms with van der Waals surface area (Å²) in [7, 11) is -6.61. The van der Waals surface area contributed by atoms with E-state index in [1.165, 1.54) is 31.4 Å². The number of anilines is 2. The number of fused-ring (bicyclic) bond motifs is 1. The molecule has 0 bridgehead atoms. The van der Waals surface area contributed by atoms with Gasteiger partial charge >= 0.3 is 6.61 Å². The van der Waals surface area contributed by atoms with Crippen molar-refractivity contribution in [3.63, 3.8) is 0 Å². The van der Waals surface area contributed by atoms with Gasteiger partial charge in [-0.25, -0.2) is 25.4 Å². The molecule has 0 atom stereocenters. The highest BCUT2D eigenvalue weighted by Crippen LogP contribution is 2.39. The highest BCUT2D eigenvalue weighted by molar-refractivity contribution is 8.00. The number of ether oxygens (including phenoxy) is 2. The van der Waals surface area contributed by atoms with E-state index >= 15 is 0 Å². The molecule has 2 aliphatic heterocycles. The maximum Gasteiger partial charge on any atom is 0.387 e. The number of rotatable bonds is 14. The van der Waals surface area contributed by atoms with Crippen molar-refractivity contribution in [2.24, 2.45) is 0 Å². The Balaban J connectivity index is 0.000000190. The summed E-state index contributed by atoms with van der Waals surface area (Å²) in [6, 6.07) is 36.3. The molecule has 0 aliphatic carbocycles. The van der Waals surface area contributed by atoms with Crippen molar-refractivity contribution >= 4 is 64.0 Å². The Morgan fingerprint density at radius 2 is 1.19 bits per heavy atom. The predicted molar refractivity (Wildman–Crippen MR) is 231 cm³/mol. The Hall–Kier alpha value is -6.98. The number of alkyl halides is 2. The second-order valence-corrected chi connectivity index (χ2v) is 17.5. The largest absolute Gasteiger partial charge is 0.497 e. The van der Waals surface area contributed by atoms with E-state index in [2.05, 4.69) is 15.4 Å². The van der Waals surface area contributed by atoms with Gasteiger partial charge in [0.25, 0.3) is 31.9 Å². The fourth-order valence-electron chi connectivity index (χ4n) is 6.76. The molecule has 3 heterocycles. The van der Waals surface area contributed by atoms with Crippen molar-refractivity contribution < 1.29 is 49.1 Å². The Kier molecular flexibility index (Phi) is 12.7. The second kappa shape index (κ2) is 18.3. The van der Waals surface area contributed by atoms with E-state index in [-0.39, 0.29) is 40.0 Å². The van der Waals surface area contributed by atoms with E-state index < -0.39 is 38.5 Å². The first kappa shape index (κ1) is 43.1. The minimum absolute atomic E-state index is 0.0153. The number of nitrogens with one attached hydrogen (secondary N) is 2. The zero-order valence-electron chi connectivity index (χ0n) is 33.3. The van der Waals surface area contributed by atoms with Gasteiger partial charge < -0.3 is 24.5 Å². The normalized spacial score (nSPS) is 15.6. The summed E-state index contributed by atoms with van der Waals surface area (Å²) >= 11 is 0. The lowest BCUT2D eigenvalue weighted by atomic mass is 10.1. The third kappa shape index (κ3) is 9.03. The number of halogens is 2. The van der Waals surface area contributed by atoms with Crippen molar-refractivity contribution in [3.8, 4) is 11.5 Å². The molecule has 0 spiro atoms.